The molecule has 0 bridgehead atoms. The molecule has 0 saturated carbocycles. The summed E-state index contributed by atoms with van der Waals surface area (Å²) in [7, 11) is 0. The van der Waals surface area contributed by atoms with Gasteiger partial charge in [-0.05, 0) is 89.9 Å². The maximum atomic E-state index is 14.2. The molecule has 3 heterocycles. The third-order valence-corrected chi connectivity index (χ3v) is 15.7. The van der Waals surface area contributed by atoms with Gasteiger partial charge in [0.2, 0.25) is 70.9 Å². The van der Waals surface area contributed by atoms with E-state index in [4.69, 9.17) is 16.6 Å². The average molecular weight is 1370 g/mol. The number of nitrogens with two attached hydrogens (primary N) is 2. The number of hydrogen-bond acceptors (Lipinski definition) is 20. The van der Waals surface area contributed by atoms with Gasteiger partial charge in [-0.3, -0.25) is 86.3 Å². The number of nitrogens with one attached hydrogen (secondary N) is 8. The zero-order valence-corrected chi connectivity index (χ0v) is 52.9. The summed E-state index contributed by atoms with van der Waals surface area (Å²) in [6.45, 7) is 4.18. The number of carboxylic acid groups (broad SMARTS) is 7. The molecule has 0 aromatic carbocycles. The first kappa shape index (κ1) is 80.1. The van der Waals surface area contributed by atoms with E-state index in [-0.39, 0.29) is 76.9 Å². The number of carbonyl (C=O) groups is 19. The molecular weight excluding hydrogens is 1280 g/mol. The van der Waals surface area contributed by atoms with Crippen molar-refractivity contribution in [3.8, 4) is 0 Å². The van der Waals surface area contributed by atoms with Gasteiger partial charge in [-0.25, -0.2) is 4.79 Å². The highest BCUT2D eigenvalue weighted by molar-refractivity contribution is 6.01. The molecule has 0 radical (unpaired) electrons. The Labute approximate surface area is 547 Å². The van der Waals surface area contributed by atoms with Crippen LogP contribution in [0.15, 0.2) is 0 Å². The Balaban J connectivity index is 1.82. The van der Waals surface area contributed by atoms with Crippen LogP contribution >= 0.6 is 0 Å². The fourth-order valence-corrected chi connectivity index (χ4v) is 10.9. The lowest BCUT2D eigenvalue weighted by Crippen LogP contribution is -2.60. The fourth-order valence-electron chi connectivity index (χ4n) is 10.9. The predicted molar refractivity (Wildman–Crippen MR) is 321 cm³/mol. The number of carboxylic acids is 7. The summed E-state index contributed by atoms with van der Waals surface area (Å²) < 4.78 is 0. The van der Waals surface area contributed by atoms with Crippen LogP contribution in [0.3, 0.4) is 0 Å². The van der Waals surface area contributed by atoms with Gasteiger partial charge in [0.15, 0.2) is 0 Å². The van der Waals surface area contributed by atoms with Gasteiger partial charge < -0.3 is 104 Å². The van der Waals surface area contributed by atoms with Crippen molar-refractivity contribution in [2.24, 2.45) is 17.4 Å². The SMILES string of the molecule is CC(C)C[C@H](NC(=O)[C@H](CCC(=O)O)NC(=O)[C@H](CCC(=O)O)NC(=O)[C@@H]1CCCN1C(=O)[C@@H](N)CCC(N)=O)C(=O)N[C@@H](C)C(=O)N1CCC[C@H]1C(=O)N[C@@H](CCC(=O)O)C(=O)N[C@@H](CC(=O)O)C(=O)N1CCC[C@H]1C(=O)N[C@@H](CCC(=O)O)C(=O)N[C@@H](CC(=O)O)C(=O)O. The number of aliphatic carboxylic acids is 7. The minimum absolute atomic E-state index is 0.0612. The van der Waals surface area contributed by atoms with E-state index < -0.39 is 249 Å². The molecule has 12 atom stereocenters. The second-order valence-corrected chi connectivity index (χ2v) is 23.7. The van der Waals surface area contributed by atoms with E-state index in [9.17, 15) is 122 Å². The molecule has 0 aromatic rings. The highest BCUT2D eigenvalue weighted by atomic mass is 16.4. The van der Waals surface area contributed by atoms with Gasteiger partial charge in [0.25, 0.3) is 0 Å². The van der Waals surface area contributed by atoms with E-state index in [1.165, 1.54) is 6.92 Å². The number of carbonyl (C=O) groups excluding carboxylic acids is 12. The van der Waals surface area contributed by atoms with Gasteiger partial charge in [-0.2, -0.15) is 0 Å². The van der Waals surface area contributed by atoms with Crippen LogP contribution in [-0.4, -0.2) is 255 Å². The van der Waals surface area contributed by atoms with Crippen molar-refractivity contribution in [3.63, 3.8) is 0 Å². The van der Waals surface area contributed by atoms with Crippen molar-refractivity contribution in [2.45, 2.75) is 215 Å². The van der Waals surface area contributed by atoms with Crippen LogP contribution in [0.1, 0.15) is 143 Å². The second kappa shape index (κ2) is 38.3. The highest BCUT2D eigenvalue weighted by Gasteiger charge is 2.44. The summed E-state index contributed by atoms with van der Waals surface area (Å²) >= 11 is 0. The lowest BCUT2D eigenvalue weighted by Gasteiger charge is -2.31. The van der Waals surface area contributed by atoms with Crippen molar-refractivity contribution >= 4 is 113 Å². The van der Waals surface area contributed by atoms with Gasteiger partial charge in [-0.1, -0.05) is 13.8 Å². The molecule has 3 fully saturated rings. The second-order valence-electron chi connectivity index (χ2n) is 23.7. The van der Waals surface area contributed by atoms with Gasteiger partial charge in [0.05, 0.1) is 18.9 Å². The van der Waals surface area contributed by atoms with Crippen LogP contribution in [0, 0.1) is 5.92 Å². The van der Waals surface area contributed by atoms with Crippen molar-refractivity contribution in [1.82, 2.24) is 57.2 Å². The molecule has 0 aromatic heterocycles. The Kier molecular flexibility index (Phi) is 32.0. The van der Waals surface area contributed by atoms with Crippen molar-refractivity contribution in [1.29, 1.82) is 0 Å². The van der Waals surface area contributed by atoms with Gasteiger partial charge >= 0.3 is 41.8 Å². The molecule has 0 aliphatic carbocycles. The lowest BCUT2D eigenvalue weighted by atomic mass is 10.0. The van der Waals surface area contributed by atoms with E-state index in [2.05, 4.69) is 37.2 Å². The molecule has 3 aliphatic heterocycles. The maximum absolute atomic E-state index is 14.2. The number of primary amides is 1. The smallest absolute Gasteiger partial charge is 0.326 e. The first-order valence-electron chi connectivity index (χ1n) is 30.8. The quantitative estimate of drug-likeness (QED) is 0.0271. The molecule has 534 valence electrons. The van der Waals surface area contributed by atoms with E-state index in [0.29, 0.717) is 6.42 Å². The Hall–Kier alpha value is -10.1. The molecule has 39 nitrogen and oxygen atoms in total. The van der Waals surface area contributed by atoms with Gasteiger partial charge in [0.1, 0.15) is 66.5 Å². The fraction of sp³-hybridized carbons (Fsp3) is 0.667. The standard InChI is InChI=1S/C57H85N13O26/c1-26(2)23-33(65-47(85)29(11-16-40(72)73)61-46(84)30(12-17-41(74)75)62-52(90)37-8-5-21-69(37)55(93)28(58)10-15-39(59)71)50(88)60-27(3)54(92)68-20-4-7-36(68)51(89)63-31(13-18-42(76)77)48(86)66-34(24-44(80)81)56(94)70-22-6-9-38(70)53(91)64-32(14-19-43(78)79)49(87)67-35(57(95)96)25-45(82)83/h26-38H,4-25,58H2,1-3H3,(H2,59,71)(H,60,88)(H,61,84)(H,62,90)(H,63,89)(H,64,91)(H,65,85)(H,66,86)(H,67,87)(H,72,73)(H,74,75)(H,76,77)(H,78,79)(H,80,81)(H,82,83)(H,95,96)/t27-,28-,29-,30-,31-,32-,33-,34-,35-,36-,37-,38-/m0/s1. The maximum Gasteiger partial charge on any atom is 0.326 e. The summed E-state index contributed by atoms with van der Waals surface area (Å²) in [6.07, 6.45) is -7.96. The van der Waals surface area contributed by atoms with Crippen LogP contribution in [0.5, 0.6) is 0 Å². The Bertz CT molecular complexity index is 2960. The molecule has 12 amide bonds. The Morgan fingerprint density at radius 3 is 1.03 bits per heavy atom. The molecule has 3 rings (SSSR count). The first-order valence-corrected chi connectivity index (χ1v) is 30.8. The highest BCUT2D eigenvalue weighted by Crippen LogP contribution is 2.24. The van der Waals surface area contributed by atoms with E-state index >= 15 is 0 Å². The van der Waals surface area contributed by atoms with Crippen LogP contribution in [0.4, 0.5) is 0 Å². The number of hydrogen-bond donors (Lipinski definition) is 17. The largest absolute Gasteiger partial charge is 0.481 e. The summed E-state index contributed by atoms with van der Waals surface area (Å²) in [6, 6.07) is -19.6. The molecule has 96 heavy (non-hydrogen) atoms. The van der Waals surface area contributed by atoms with E-state index in [0.717, 1.165) is 14.7 Å². The summed E-state index contributed by atoms with van der Waals surface area (Å²) in [5.74, 6) is -23.8. The summed E-state index contributed by atoms with van der Waals surface area (Å²) in [5.41, 5.74) is 11.1. The number of rotatable bonds is 41. The third kappa shape index (κ3) is 26.0. The van der Waals surface area contributed by atoms with Gasteiger partial charge in [-0.15, -0.1) is 0 Å². The van der Waals surface area contributed by atoms with E-state index in [1.54, 1.807) is 13.8 Å². The van der Waals surface area contributed by atoms with Crippen LogP contribution in [0.2, 0.25) is 0 Å². The zero-order chi connectivity index (χ0) is 72.4. The number of nitrogens with zero attached hydrogens (tertiary/aromatic N) is 3. The average Bonchev–Trinajstić information content (AvgIpc) is 1.66. The van der Waals surface area contributed by atoms with Crippen LogP contribution in [-0.2, 0) is 91.1 Å². The topological polar surface area (TPSA) is 624 Å². The normalized spacial score (nSPS) is 18.6. The van der Waals surface area contributed by atoms with Crippen LogP contribution in [0.25, 0.3) is 0 Å². The molecule has 0 unspecified atom stereocenters. The summed E-state index contributed by atoms with van der Waals surface area (Å²) in [4.78, 5) is 248. The van der Waals surface area contributed by atoms with Crippen molar-refractivity contribution in [2.75, 3.05) is 19.6 Å². The summed E-state index contributed by atoms with van der Waals surface area (Å²) in [5, 5.41) is 84.6. The Morgan fingerprint density at radius 2 is 0.688 bits per heavy atom. The molecular formula is C57H85N13O26. The van der Waals surface area contributed by atoms with Crippen molar-refractivity contribution < 1.29 is 127 Å². The van der Waals surface area contributed by atoms with Crippen molar-refractivity contribution in [3.05, 3.63) is 0 Å². The molecule has 3 aliphatic rings. The minimum Gasteiger partial charge on any atom is -0.481 e. The first-order chi connectivity index (χ1) is 44.9. The molecule has 39 heteroatoms. The molecule has 19 N–H and O–H groups in total. The Morgan fingerprint density at radius 1 is 0.375 bits per heavy atom. The number of amides is 12. The zero-order valence-electron chi connectivity index (χ0n) is 52.9. The van der Waals surface area contributed by atoms with E-state index in [1.807, 2.05) is 5.32 Å². The predicted octanol–water partition coefficient (Wildman–Crippen LogP) is -6.01. The van der Waals surface area contributed by atoms with Gasteiger partial charge in [0, 0.05) is 51.7 Å². The number of likely N-dealkylation sites (tertiary alicyclic amines) is 3. The lowest BCUT2D eigenvalue weighted by molar-refractivity contribution is -0.148. The minimum atomic E-state index is -2.04. The monoisotopic (exact) mass is 1370 g/mol. The third-order valence-electron chi connectivity index (χ3n) is 15.7. The molecule has 0 spiro atoms. The molecule has 3 saturated heterocycles. The van der Waals surface area contributed by atoms with Crippen LogP contribution < -0.4 is 54.0 Å².